The monoisotopic (exact) mass is 265 g/mol. The summed E-state index contributed by atoms with van der Waals surface area (Å²) in [5, 5.41) is 3.60. The van der Waals surface area contributed by atoms with Crippen molar-refractivity contribution in [2.45, 2.75) is 84.0 Å². The van der Waals surface area contributed by atoms with Gasteiger partial charge in [-0.2, -0.15) is 0 Å². The van der Waals surface area contributed by atoms with Crippen LogP contribution >= 0.6 is 0 Å². The minimum absolute atomic E-state index is 0.376. The van der Waals surface area contributed by atoms with E-state index in [0.29, 0.717) is 18.2 Å². The van der Waals surface area contributed by atoms with Gasteiger partial charge in [0, 0.05) is 12.6 Å². The Labute approximate surface area is 119 Å². The molecule has 0 aromatic heterocycles. The van der Waals surface area contributed by atoms with Gasteiger partial charge in [-0.05, 0) is 38.5 Å². The van der Waals surface area contributed by atoms with Crippen LogP contribution in [0.15, 0.2) is 11.6 Å². The van der Waals surface area contributed by atoms with Crippen molar-refractivity contribution in [3.8, 4) is 0 Å². The van der Waals surface area contributed by atoms with Gasteiger partial charge in [-0.25, -0.2) is 0 Å². The average Bonchev–Trinajstić information content (AvgIpc) is 2.81. The molecule has 0 aromatic carbocycles. The van der Waals surface area contributed by atoms with Crippen molar-refractivity contribution in [1.82, 2.24) is 5.32 Å². The summed E-state index contributed by atoms with van der Waals surface area (Å²) in [5.74, 6) is 0.805. The second kappa shape index (κ2) is 7.44. The predicted molar refractivity (Wildman–Crippen MR) is 81.4 cm³/mol. The molecule has 1 heterocycles. The van der Waals surface area contributed by atoms with Crippen molar-refractivity contribution in [2.24, 2.45) is 5.92 Å². The summed E-state index contributed by atoms with van der Waals surface area (Å²) in [6.45, 7) is 7.70. The van der Waals surface area contributed by atoms with E-state index in [0.717, 1.165) is 12.5 Å². The molecule has 0 aromatic rings. The summed E-state index contributed by atoms with van der Waals surface area (Å²) in [6.07, 6.45) is 12.7. The fraction of sp³-hybridized carbons (Fsp3) is 0.882. The third-order valence-electron chi connectivity index (χ3n) is 4.51. The Morgan fingerprint density at radius 1 is 1.16 bits per heavy atom. The van der Waals surface area contributed by atoms with E-state index < -0.39 is 0 Å². The molecule has 19 heavy (non-hydrogen) atoms. The van der Waals surface area contributed by atoms with Gasteiger partial charge >= 0.3 is 0 Å². The molecule has 0 radical (unpaired) electrons. The molecule has 1 saturated carbocycles. The van der Waals surface area contributed by atoms with Crippen molar-refractivity contribution < 1.29 is 4.74 Å². The van der Waals surface area contributed by atoms with Crippen molar-refractivity contribution in [2.75, 3.05) is 6.54 Å². The first-order valence-corrected chi connectivity index (χ1v) is 8.24. The lowest BCUT2D eigenvalue weighted by molar-refractivity contribution is 0.0823. The summed E-state index contributed by atoms with van der Waals surface area (Å²) in [5.41, 5.74) is 1.62. The first-order valence-electron chi connectivity index (χ1n) is 8.24. The molecule has 2 heteroatoms. The largest absolute Gasteiger partial charge is 0.371 e. The summed E-state index contributed by atoms with van der Waals surface area (Å²) in [7, 11) is 0. The summed E-state index contributed by atoms with van der Waals surface area (Å²) < 4.78 is 5.99. The quantitative estimate of drug-likeness (QED) is 0.757. The van der Waals surface area contributed by atoms with E-state index in [2.05, 4.69) is 32.2 Å². The van der Waals surface area contributed by atoms with E-state index in [1.165, 1.54) is 44.9 Å². The predicted octanol–water partition coefficient (Wildman–Crippen LogP) is 4.06. The minimum atomic E-state index is 0.376. The van der Waals surface area contributed by atoms with E-state index in [1.54, 1.807) is 5.57 Å². The standard InChI is InChI=1S/C17H31NO/c1-13(2)18-12-16(15-7-5-4-6-8-15)11-17-10-9-14(3)19-17/h11,13-15,17-18H,4-10,12H2,1-3H3. The fourth-order valence-corrected chi connectivity index (χ4v) is 3.33. The zero-order valence-electron chi connectivity index (χ0n) is 13.0. The first kappa shape index (κ1) is 15.1. The molecule has 2 rings (SSSR count). The molecule has 110 valence electrons. The number of nitrogens with one attached hydrogen (secondary N) is 1. The van der Waals surface area contributed by atoms with Crippen LogP contribution in [0.2, 0.25) is 0 Å². The topological polar surface area (TPSA) is 21.3 Å². The second-order valence-electron chi connectivity index (χ2n) is 6.67. The van der Waals surface area contributed by atoms with Gasteiger partial charge in [0.15, 0.2) is 0 Å². The van der Waals surface area contributed by atoms with Gasteiger partial charge < -0.3 is 10.1 Å². The van der Waals surface area contributed by atoms with E-state index in [-0.39, 0.29) is 0 Å². The van der Waals surface area contributed by atoms with Crippen molar-refractivity contribution in [3.05, 3.63) is 11.6 Å². The zero-order valence-corrected chi connectivity index (χ0v) is 13.0. The van der Waals surface area contributed by atoms with Gasteiger partial charge in [0.1, 0.15) is 0 Å². The molecule has 0 amide bonds. The maximum Gasteiger partial charge on any atom is 0.0763 e. The van der Waals surface area contributed by atoms with Gasteiger partial charge in [-0.3, -0.25) is 0 Å². The Morgan fingerprint density at radius 2 is 1.89 bits per heavy atom. The Hall–Kier alpha value is -0.340. The Balaban J connectivity index is 1.97. The maximum absolute atomic E-state index is 5.99. The molecular weight excluding hydrogens is 234 g/mol. The van der Waals surface area contributed by atoms with Gasteiger partial charge in [-0.15, -0.1) is 0 Å². The molecule has 2 aliphatic rings. The molecule has 0 spiro atoms. The van der Waals surface area contributed by atoms with Gasteiger partial charge in [0.25, 0.3) is 0 Å². The van der Waals surface area contributed by atoms with Crippen LogP contribution in [0.1, 0.15) is 65.7 Å². The van der Waals surface area contributed by atoms with E-state index >= 15 is 0 Å². The van der Waals surface area contributed by atoms with Crippen LogP contribution in [0.25, 0.3) is 0 Å². The van der Waals surface area contributed by atoms with Crippen LogP contribution < -0.4 is 5.32 Å². The molecule has 2 nitrogen and oxygen atoms in total. The minimum Gasteiger partial charge on any atom is -0.371 e. The third kappa shape index (κ3) is 4.92. The number of rotatable bonds is 5. The van der Waals surface area contributed by atoms with Gasteiger partial charge in [0.2, 0.25) is 0 Å². The van der Waals surface area contributed by atoms with E-state index in [1.807, 2.05) is 0 Å². The molecular formula is C17H31NO. The van der Waals surface area contributed by atoms with Crippen LogP contribution in [-0.4, -0.2) is 24.8 Å². The van der Waals surface area contributed by atoms with Crippen LogP contribution in [-0.2, 0) is 4.74 Å². The Morgan fingerprint density at radius 3 is 2.47 bits per heavy atom. The number of hydrogen-bond donors (Lipinski definition) is 1. The molecule has 0 bridgehead atoms. The zero-order chi connectivity index (χ0) is 13.7. The molecule has 1 saturated heterocycles. The van der Waals surface area contributed by atoms with Crippen LogP contribution in [0, 0.1) is 5.92 Å². The molecule has 1 aliphatic carbocycles. The summed E-state index contributed by atoms with van der Waals surface area (Å²) >= 11 is 0. The van der Waals surface area contributed by atoms with Gasteiger partial charge in [-0.1, -0.05) is 44.8 Å². The Bertz CT molecular complexity index is 292. The van der Waals surface area contributed by atoms with E-state index in [9.17, 15) is 0 Å². The molecule has 2 atom stereocenters. The molecule has 2 fully saturated rings. The van der Waals surface area contributed by atoms with Crippen molar-refractivity contribution in [3.63, 3.8) is 0 Å². The molecule has 1 N–H and O–H groups in total. The lowest BCUT2D eigenvalue weighted by Gasteiger charge is -2.26. The highest BCUT2D eigenvalue weighted by atomic mass is 16.5. The highest BCUT2D eigenvalue weighted by Crippen LogP contribution is 2.31. The number of ether oxygens (including phenoxy) is 1. The average molecular weight is 265 g/mol. The lowest BCUT2D eigenvalue weighted by atomic mass is 9.83. The van der Waals surface area contributed by atoms with Crippen molar-refractivity contribution >= 4 is 0 Å². The van der Waals surface area contributed by atoms with E-state index in [4.69, 9.17) is 4.74 Å². The number of hydrogen-bond acceptors (Lipinski definition) is 2. The van der Waals surface area contributed by atoms with Crippen LogP contribution in [0.5, 0.6) is 0 Å². The van der Waals surface area contributed by atoms with Crippen LogP contribution in [0.3, 0.4) is 0 Å². The maximum atomic E-state index is 5.99. The summed E-state index contributed by atoms with van der Waals surface area (Å²) in [4.78, 5) is 0. The highest BCUT2D eigenvalue weighted by molar-refractivity contribution is 5.13. The molecule has 2 unspecified atom stereocenters. The third-order valence-corrected chi connectivity index (χ3v) is 4.51. The second-order valence-corrected chi connectivity index (χ2v) is 6.67. The van der Waals surface area contributed by atoms with Crippen molar-refractivity contribution in [1.29, 1.82) is 0 Å². The smallest absolute Gasteiger partial charge is 0.0763 e. The SMILES string of the molecule is CC(C)NCC(=CC1CCC(C)O1)C1CCCCC1. The lowest BCUT2D eigenvalue weighted by Crippen LogP contribution is -2.28. The highest BCUT2D eigenvalue weighted by Gasteiger charge is 2.23. The fourth-order valence-electron chi connectivity index (χ4n) is 3.33. The Kier molecular flexibility index (Phi) is 5.90. The van der Waals surface area contributed by atoms with Crippen LogP contribution in [0.4, 0.5) is 0 Å². The van der Waals surface area contributed by atoms with Gasteiger partial charge in [0.05, 0.1) is 12.2 Å². The normalized spacial score (nSPS) is 30.2. The summed E-state index contributed by atoms with van der Waals surface area (Å²) in [6, 6.07) is 0.565. The first-order chi connectivity index (χ1) is 9.15. The molecule has 1 aliphatic heterocycles.